The van der Waals surface area contributed by atoms with Crippen molar-refractivity contribution in [1.29, 1.82) is 0 Å². The summed E-state index contributed by atoms with van der Waals surface area (Å²) < 4.78 is 27.2. The second kappa shape index (κ2) is 7.06. The van der Waals surface area contributed by atoms with Gasteiger partial charge in [-0.25, -0.2) is 13.9 Å². The van der Waals surface area contributed by atoms with Gasteiger partial charge in [0.15, 0.2) is 0 Å². The molecule has 0 saturated heterocycles. The topological polar surface area (TPSA) is 95.5 Å². The van der Waals surface area contributed by atoms with Gasteiger partial charge >= 0.3 is 0 Å². The molecule has 0 atom stereocenters. The Morgan fingerprint density at radius 2 is 1.95 bits per heavy atom. The molecular weight excluding hydrogens is 304 g/mol. The van der Waals surface area contributed by atoms with Crippen LogP contribution in [0.25, 0.3) is 0 Å². The molecule has 1 aromatic carbocycles. The summed E-state index contributed by atoms with van der Waals surface area (Å²) in [7, 11) is -3.66. The Balaban J connectivity index is 2.17. The zero-order valence-electron chi connectivity index (χ0n) is 11.7. The van der Waals surface area contributed by atoms with Crippen molar-refractivity contribution in [3.05, 3.63) is 65.1 Å². The first-order valence-electron chi connectivity index (χ1n) is 6.62. The highest BCUT2D eigenvalue weighted by Crippen LogP contribution is 2.23. The summed E-state index contributed by atoms with van der Waals surface area (Å²) in [5.41, 5.74) is 2.66. The van der Waals surface area contributed by atoms with Gasteiger partial charge in [0.05, 0.1) is 4.91 Å². The highest BCUT2D eigenvalue weighted by molar-refractivity contribution is 7.96. The van der Waals surface area contributed by atoms with Gasteiger partial charge in [0.25, 0.3) is 15.9 Å². The van der Waals surface area contributed by atoms with Gasteiger partial charge in [0.1, 0.15) is 0 Å². The molecule has 0 unspecified atom stereocenters. The van der Waals surface area contributed by atoms with Gasteiger partial charge in [0.2, 0.25) is 0 Å². The number of nitrogens with one attached hydrogen (secondary N) is 2. The number of carbonyl (C=O) groups excluding carboxylic acids is 1. The van der Waals surface area contributed by atoms with E-state index in [1.165, 1.54) is 17.6 Å². The molecule has 1 amide bonds. The van der Waals surface area contributed by atoms with Crippen LogP contribution >= 0.6 is 0 Å². The standard InChI is InChI=1S/C15H16N2O4S/c18-15(16-19)10-9-12-5-4-8-14(11-12)22(20,21)17-13-6-2-1-3-7-13/h1-3,6-11,17,19H,4-5H2,(H,16,18)/b10-9+. The van der Waals surface area contributed by atoms with Crippen molar-refractivity contribution in [2.45, 2.75) is 12.8 Å². The monoisotopic (exact) mass is 320 g/mol. The van der Waals surface area contributed by atoms with Crippen LogP contribution in [0, 0.1) is 0 Å². The van der Waals surface area contributed by atoms with Crippen molar-refractivity contribution in [2.75, 3.05) is 4.72 Å². The maximum absolute atomic E-state index is 12.3. The zero-order valence-corrected chi connectivity index (χ0v) is 12.5. The Morgan fingerprint density at radius 3 is 2.64 bits per heavy atom. The minimum Gasteiger partial charge on any atom is -0.288 e. The summed E-state index contributed by atoms with van der Waals surface area (Å²) >= 11 is 0. The van der Waals surface area contributed by atoms with Gasteiger partial charge in [-0.1, -0.05) is 30.4 Å². The molecule has 2 rings (SSSR count). The van der Waals surface area contributed by atoms with Crippen LogP contribution in [0.1, 0.15) is 12.8 Å². The lowest BCUT2D eigenvalue weighted by Crippen LogP contribution is -2.16. The fourth-order valence-electron chi connectivity index (χ4n) is 1.95. The molecule has 116 valence electrons. The van der Waals surface area contributed by atoms with Crippen molar-refractivity contribution in [3.63, 3.8) is 0 Å². The molecule has 1 aliphatic carbocycles. The quantitative estimate of drug-likeness (QED) is 0.440. The molecule has 0 heterocycles. The second-order valence-corrected chi connectivity index (χ2v) is 6.33. The molecule has 0 fully saturated rings. The predicted molar refractivity (Wildman–Crippen MR) is 83.5 cm³/mol. The Morgan fingerprint density at radius 1 is 1.23 bits per heavy atom. The molecule has 1 aliphatic rings. The van der Waals surface area contributed by atoms with Crippen molar-refractivity contribution >= 4 is 21.6 Å². The Bertz CT molecular complexity index is 734. The highest BCUT2D eigenvalue weighted by Gasteiger charge is 2.18. The van der Waals surface area contributed by atoms with Crippen LogP contribution in [-0.2, 0) is 14.8 Å². The first-order valence-corrected chi connectivity index (χ1v) is 8.10. The maximum atomic E-state index is 12.3. The van der Waals surface area contributed by atoms with Crippen LogP contribution in [-0.4, -0.2) is 19.5 Å². The van der Waals surface area contributed by atoms with E-state index in [1.54, 1.807) is 36.4 Å². The lowest BCUT2D eigenvalue weighted by molar-refractivity contribution is -0.124. The molecule has 22 heavy (non-hydrogen) atoms. The minimum absolute atomic E-state index is 0.159. The molecule has 1 aromatic rings. The van der Waals surface area contributed by atoms with Gasteiger partial charge < -0.3 is 0 Å². The number of amides is 1. The third kappa shape index (κ3) is 4.31. The minimum atomic E-state index is -3.66. The highest BCUT2D eigenvalue weighted by atomic mass is 32.2. The molecule has 0 radical (unpaired) electrons. The molecule has 0 saturated carbocycles. The van der Waals surface area contributed by atoms with E-state index in [0.717, 1.165) is 6.08 Å². The summed E-state index contributed by atoms with van der Waals surface area (Å²) in [6, 6.07) is 8.61. The van der Waals surface area contributed by atoms with Gasteiger partial charge in [-0.15, -0.1) is 0 Å². The smallest absolute Gasteiger partial charge is 0.267 e. The largest absolute Gasteiger partial charge is 0.288 e. The van der Waals surface area contributed by atoms with Gasteiger partial charge in [-0.05, 0) is 36.6 Å². The van der Waals surface area contributed by atoms with E-state index in [2.05, 4.69) is 4.72 Å². The zero-order chi connectivity index (χ0) is 16.0. The van der Waals surface area contributed by atoms with E-state index in [0.29, 0.717) is 24.1 Å². The first kappa shape index (κ1) is 16.0. The Kier molecular flexibility index (Phi) is 5.13. The first-order chi connectivity index (χ1) is 10.5. The molecule has 0 bridgehead atoms. The van der Waals surface area contributed by atoms with Crippen LogP contribution in [0.2, 0.25) is 0 Å². The number of hydroxylamine groups is 1. The molecule has 6 nitrogen and oxygen atoms in total. The number of anilines is 1. The summed E-state index contributed by atoms with van der Waals surface area (Å²) in [6.07, 6.45) is 6.95. The van der Waals surface area contributed by atoms with Gasteiger partial charge in [-0.2, -0.15) is 0 Å². The van der Waals surface area contributed by atoms with E-state index in [4.69, 9.17) is 5.21 Å². The predicted octanol–water partition coefficient (Wildman–Crippen LogP) is 2.09. The van der Waals surface area contributed by atoms with E-state index in [-0.39, 0.29) is 4.91 Å². The third-order valence-electron chi connectivity index (χ3n) is 3.00. The Hall–Kier alpha value is -2.38. The van der Waals surface area contributed by atoms with Crippen molar-refractivity contribution in [1.82, 2.24) is 5.48 Å². The fourth-order valence-corrected chi connectivity index (χ4v) is 3.16. The number of carbonyl (C=O) groups is 1. The Labute approximate surface area is 128 Å². The molecular formula is C15H16N2O4S. The van der Waals surface area contributed by atoms with E-state index in [1.807, 2.05) is 0 Å². The maximum Gasteiger partial charge on any atom is 0.267 e. The number of sulfonamides is 1. The average molecular weight is 320 g/mol. The van der Waals surface area contributed by atoms with Crippen LogP contribution < -0.4 is 10.2 Å². The lowest BCUT2D eigenvalue weighted by Gasteiger charge is -2.13. The average Bonchev–Trinajstić information content (AvgIpc) is 2.53. The second-order valence-electron chi connectivity index (χ2n) is 4.65. The number of hydrogen-bond donors (Lipinski definition) is 3. The lowest BCUT2D eigenvalue weighted by atomic mass is 10.0. The number of hydrogen-bond acceptors (Lipinski definition) is 4. The van der Waals surface area contributed by atoms with Crippen LogP contribution in [0.5, 0.6) is 0 Å². The number of benzene rings is 1. The van der Waals surface area contributed by atoms with Gasteiger partial charge in [-0.3, -0.25) is 14.7 Å². The van der Waals surface area contributed by atoms with Crippen molar-refractivity contribution < 1.29 is 18.4 Å². The number of rotatable bonds is 5. The van der Waals surface area contributed by atoms with Crippen LogP contribution in [0.4, 0.5) is 5.69 Å². The van der Waals surface area contributed by atoms with Crippen LogP contribution in [0.3, 0.4) is 0 Å². The van der Waals surface area contributed by atoms with E-state index in [9.17, 15) is 13.2 Å². The summed E-state index contributed by atoms with van der Waals surface area (Å²) in [6.45, 7) is 0. The number of allylic oxidation sites excluding steroid dienone is 4. The van der Waals surface area contributed by atoms with E-state index >= 15 is 0 Å². The van der Waals surface area contributed by atoms with Gasteiger partial charge in [0, 0.05) is 11.8 Å². The molecule has 0 aliphatic heterocycles. The number of para-hydroxylation sites is 1. The third-order valence-corrected chi connectivity index (χ3v) is 4.41. The van der Waals surface area contributed by atoms with Crippen LogP contribution in [0.15, 0.2) is 65.1 Å². The summed E-state index contributed by atoms with van der Waals surface area (Å²) in [5, 5.41) is 8.42. The normalized spacial score (nSPS) is 15.1. The molecule has 0 aromatic heterocycles. The SMILES string of the molecule is O=C(/C=C/C1=CC(S(=O)(=O)Nc2ccccc2)=CCC1)NO. The summed E-state index contributed by atoms with van der Waals surface area (Å²) in [4.78, 5) is 11.1. The van der Waals surface area contributed by atoms with E-state index < -0.39 is 15.9 Å². The summed E-state index contributed by atoms with van der Waals surface area (Å²) in [5.74, 6) is -0.665. The molecule has 7 heteroatoms. The fraction of sp³-hybridized carbons (Fsp3) is 0.133. The molecule has 0 spiro atoms. The van der Waals surface area contributed by atoms with Crippen molar-refractivity contribution in [2.24, 2.45) is 0 Å². The van der Waals surface area contributed by atoms with Crippen molar-refractivity contribution in [3.8, 4) is 0 Å². The molecule has 3 N–H and O–H groups in total.